The lowest BCUT2D eigenvalue weighted by molar-refractivity contribution is 1.13. The zero-order valence-electron chi connectivity index (χ0n) is 31.0. The highest BCUT2D eigenvalue weighted by Crippen LogP contribution is 2.43. The average Bonchev–Trinajstić information content (AvgIpc) is 3.93. The maximum absolute atomic E-state index is 2.45. The number of para-hydroxylation sites is 4. The lowest BCUT2D eigenvalue weighted by Crippen LogP contribution is -1.98. The maximum atomic E-state index is 2.45. The van der Waals surface area contributed by atoms with Crippen LogP contribution in [-0.4, -0.2) is 13.7 Å². The van der Waals surface area contributed by atoms with Crippen molar-refractivity contribution < 1.29 is 0 Å². The Balaban J connectivity index is 1.03. The summed E-state index contributed by atoms with van der Waals surface area (Å²) >= 11 is 0. The van der Waals surface area contributed by atoms with Gasteiger partial charge in [-0.2, -0.15) is 0 Å². The molecule has 12 aromatic rings. The van der Waals surface area contributed by atoms with Gasteiger partial charge in [0.05, 0.1) is 33.1 Å². The molecule has 266 valence electrons. The summed E-state index contributed by atoms with van der Waals surface area (Å²) < 4.78 is 7.28. The van der Waals surface area contributed by atoms with Gasteiger partial charge < -0.3 is 13.7 Å². The second-order valence-electron chi connectivity index (χ2n) is 14.9. The quantitative estimate of drug-likeness (QED) is 0.168. The van der Waals surface area contributed by atoms with Crippen molar-refractivity contribution in [1.82, 2.24) is 13.7 Å². The van der Waals surface area contributed by atoms with Crippen molar-refractivity contribution in [1.29, 1.82) is 0 Å². The van der Waals surface area contributed by atoms with Crippen LogP contribution in [0.3, 0.4) is 0 Å². The first-order valence-electron chi connectivity index (χ1n) is 19.6. The molecule has 0 saturated heterocycles. The molecule has 3 aromatic heterocycles. The standard InChI is InChI=1S/C54H35N3/c1-2-13-36(14-3-1)37-25-27-38(28-26-37)39-29-31-40(32-30-39)55-49-23-10-6-19-45(49)53-51(55)33-34-52-54(53)46-20-7-11-24-50(46)57(52)42-16-12-15-41(35-42)56-47-21-8-4-17-43(47)44-18-5-9-22-48(44)56/h1-35H. The third-order valence-corrected chi connectivity index (χ3v) is 11.8. The Kier molecular flexibility index (Phi) is 6.93. The number of nitrogens with zero attached hydrogens (tertiary/aromatic N) is 3. The molecule has 0 aliphatic rings. The minimum Gasteiger partial charge on any atom is -0.309 e. The van der Waals surface area contributed by atoms with Gasteiger partial charge in [0.15, 0.2) is 0 Å². The highest BCUT2D eigenvalue weighted by molar-refractivity contribution is 6.29. The molecule has 9 aromatic carbocycles. The average molecular weight is 726 g/mol. The van der Waals surface area contributed by atoms with Gasteiger partial charge in [-0.15, -0.1) is 0 Å². The molecule has 0 bridgehead atoms. The molecule has 3 nitrogen and oxygen atoms in total. The van der Waals surface area contributed by atoms with Crippen molar-refractivity contribution in [3.05, 3.63) is 212 Å². The van der Waals surface area contributed by atoms with E-state index in [0.29, 0.717) is 0 Å². The minimum absolute atomic E-state index is 1.14. The van der Waals surface area contributed by atoms with E-state index in [1.165, 1.54) is 87.7 Å². The summed E-state index contributed by atoms with van der Waals surface area (Å²) in [5, 5.41) is 7.58. The van der Waals surface area contributed by atoms with Crippen molar-refractivity contribution >= 4 is 65.4 Å². The van der Waals surface area contributed by atoms with Crippen LogP contribution < -0.4 is 0 Å². The third-order valence-electron chi connectivity index (χ3n) is 11.8. The second-order valence-corrected chi connectivity index (χ2v) is 14.9. The topological polar surface area (TPSA) is 14.8 Å². The predicted octanol–water partition coefficient (Wildman–Crippen LogP) is 14.3. The van der Waals surface area contributed by atoms with Gasteiger partial charge >= 0.3 is 0 Å². The molecular formula is C54H35N3. The molecule has 0 spiro atoms. The Morgan fingerprint density at radius 2 is 0.561 bits per heavy atom. The molecular weight excluding hydrogens is 691 g/mol. The fourth-order valence-electron chi connectivity index (χ4n) is 9.34. The molecule has 0 aliphatic heterocycles. The van der Waals surface area contributed by atoms with E-state index >= 15 is 0 Å². The van der Waals surface area contributed by atoms with Gasteiger partial charge in [-0.3, -0.25) is 0 Å². The molecule has 3 heteroatoms. The summed E-state index contributed by atoms with van der Waals surface area (Å²) in [5.74, 6) is 0. The maximum Gasteiger partial charge on any atom is 0.0548 e. The SMILES string of the molecule is c1ccc(-c2ccc(-c3ccc(-n4c5ccccc5c5c6c7ccccc7n(-c7cccc(-n8c9ccccc9c9ccccc98)c7)c6ccc54)cc3)cc2)cc1. The number of hydrogen-bond donors (Lipinski definition) is 0. The molecule has 0 N–H and O–H groups in total. The summed E-state index contributed by atoms with van der Waals surface area (Å²) in [6.45, 7) is 0. The van der Waals surface area contributed by atoms with Crippen molar-refractivity contribution in [2.24, 2.45) is 0 Å². The van der Waals surface area contributed by atoms with Crippen LogP contribution in [0.1, 0.15) is 0 Å². The van der Waals surface area contributed by atoms with Gasteiger partial charge in [-0.05, 0) is 89.0 Å². The first-order chi connectivity index (χ1) is 28.3. The van der Waals surface area contributed by atoms with E-state index in [1.807, 2.05) is 0 Å². The molecule has 0 amide bonds. The predicted molar refractivity (Wildman–Crippen MR) is 240 cm³/mol. The Labute approximate surface area is 329 Å². The molecule has 0 saturated carbocycles. The van der Waals surface area contributed by atoms with Crippen molar-refractivity contribution in [3.63, 3.8) is 0 Å². The Morgan fingerprint density at radius 3 is 1.05 bits per heavy atom. The lowest BCUT2D eigenvalue weighted by atomic mass is 10.0. The van der Waals surface area contributed by atoms with Gasteiger partial charge in [0.2, 0.25) is 0 Å². The van der Waals surface area contributed by atoms with Crippen LogP contribution in [0.15, 0.2) is 212 Å². The van der Waals surface area contributed by atoms with E-state index in [4.69, 9.17) is 0 Å². The highest BCUT2D eigenvalue weighted by Gasteiger charge is 2.21. The van der Waals surface area contributed by atoms with Crippen LogP contribution in [0.2, 0.25) is 0 Å². The summed E-state index contributed by atoms with van der Waals surface area (Å²) in [5.41, 5.74) is 15.5. The molecule has 57 heavy (non-hydrogen) atoms. The molecule has 0 unspecified atom stereocenters. The zero-order valence-corrected chi connectivity index (χ0v) is 31.0. The summed E-state index contributed by atoms with van der Waals surface area (Å²) in [6.07, 6.45) is 0. The Hall–Kier alpha value is -7.62. The lowest BCUT2D eigenvalue weighted by Gasteiger charge is -2.13. The summed E-state index contributed by atoms with van der Waals surface area (Å²) in [4.78, 5) is 0. The van der Waals surface area contributed by atoms with E-state index in [0.717, 1.165) is 17.1 Å². The van der Waals surface area contributed by atoms with E-state index in [1.54, 1.807) is 0 Å². The van der Waals surface area contributed by atoms with E-state index in [9.17, 15) is 0 Å². The number of benzene rings is 9. The van der Waals surface area contributed by atoms with Gasteiger partial charge in [0, 0.05) is 49.4 Å². The molecule has 0 fully saturated rings. The van der Waals surface area contributed by atoms with Gasteiger partial charge in [0.1, 0.15) is 0 Å². The van der Waals surface area contributed by atoms with Crippen LogP contribution in [0, 0.1) is 0 Å². The van der Waals surface area contributed by atoms with Crippen molar-refractivity contribution in [2.75, 3.05) is 0 Å². The summed E-state index contributed by atoms with van der Waals surface area (Å²) in [7, 11) is 0. The first kappa shape index (κ1) is 31.7. The molecule has 0 aliphatic carbocycles. The molecule has 12 rings (SSSR count). The van der Waals surface area contributed by atoms with Crippen molar-refractivity contribution in [3.8, 4) is 39.3 Å². The fraction of sp³-hybridized carbons (Fsp3) is 0. The van der Waals surface area contributed by atoms with Gasteiger partial charge in [-0.25, -0.2) is 0 Å². The molecule has 3 heterocycles. The number of rotatable bonds is 5. The van der Waals surface area contributed by atoms with Crippen LogP contribution in [-0.2, 0) is 0 Å². The second kappa shape index (κ2) is 12.5. The first-order valence-corrected chi connectivity index (χ1v) is 19.6. The van der Waals surface area contributed by atoms with Crippen LogP contribution in [0.25, 0.3) is 105 Å². The van der Waals surface area contributed by atoms with Gasteiger partial charge in [0.25, 0.3) is 0 Å². The smallest absolute Gasteiger partial charge is 0.0548 e. The van der Waals surface area contributed by atoms with Crippen LogP contribution in [0.4, 0.5) is 0 Å². The van der Waals surface area contributed by atoms with Gasteiger partial charge in [-0.1, -0.05) is 146 Å². The number of hydrogen-bond acceptors (Lipinski definition) is 0. The Bertz CT molecular complexity index is 3440. The Morgan fingerprint density at radius 1 is 0.211 bits per heavy atom. The molecule has 0 radical (unpaired) electrons. The van der Waals surface area contributed by atoms with E-state index in [2.05, 4.69) is 226 Å². The molecule has 0 atom stereocenters. The third kappa shape index (κ3) is 4.79. The highest BCUT2D eigenvalue weighted by atomic mass is 15.0. The minimum atomic E-state index is 1.14. The van der Waals surface area contributed by atoms with Crippen LogP contribution >= 0.6 is 0 Å². The van der Waals surface area contributed by atoms with E-state index < -0.39 is 0 Å². The van der Waals surface area contributed by atoms with Crippen molar-refractivity contribution in [2.45, 2.75) is 0 Å². The number of fused-ring (bicyclic) bond motifs is 10. The summed E-state index contributed by atoms with van der Waals surface area (Å²) in [6, 6.07) is 77.3. The fourth-order valence-corrected chi connectivity index (χ4v) is 9.34. The number of aromatic nitrogens is 3. The largest absolute Gasteiger partial charge is 0.309 e. The van der Waals surface area contributed by atoms with E-state index in [-0.39, 0.29) is 0 Å². The zero-order chi connectivity index (χ0) is 37.5. The van der Waals surface area contributed by atoms with Crippen LogP contribution in [0.5, 0.6) is 0 Å². The monoisotopic (exact) mass is 725 g/mol. The normalized spacial score (nSPS) is 11.9.